The van der Waals surface area contributed by atoms with Crippen molar-refractivity contribution in [3.8, 4) is 5.75 Å². The van der Waals surface area contributed by atoms with E-state index in [9.17, 15) is 4.79 Å². The summed E-state index contributed by atoms with van der Waals surface area (Å²) in [5.41, 5.74) is 2.73. The van der Waals surface area contributed by atoms with Crippen molar-refractivity contribution in [3.63, 3.8) is 0 Å². The number of ketones is 1. The van der Waals surface area contributed by atoms with Gasteiger partial charge in [-0.2, -0.15) is 0 Å². The summed E-state index contributed by atoms with van der Waals surface area (Å²) in [6, 6.07) is 25.6. The van der Waals surface area contributed by atoms with E-state index in [1.54, 1.807) is 7.11 Å². The lowest BCUT2D eigenvalue weighted by Crippen LogP contribution is -2.60. The molecule has 1 aliphatic carbocycles. The molecule has 6 nitrogen and oxygen atoms in total. The Morgan fingerprint density at radius 3 is 2.62 bits per heavy atom. The van der Waals surface area contributed by atoms with E-state index >= 15 is 4.79 Å². The maximum Gasteiger partial charge on any atom is 0.250 e. The van der Waals surface area contributed by atoms with Crippen molar-refractivity contribution in [2.45, 2.75) is 24.3 Å². The highest BCUT2D eigenvalue weighted by Crippen LogP contribution is 2.66. The Balaban J connectivity index is 1.54. The smallest absolute Gasteiger partial charge is 0.250 e. The molecule has 1 aromatic heterocycles. The first-order valence-corrected chi connectivity index (χ1v) is 12.7. The first kappa shape index (κ1) is 22.2. The van der Waals surface area contributed by atoms with E-state index in [1.165, 1.54) is 0 Å². The van der Waals surface area contributed by atoms with Crippen LogP contribution in [0.1, 0.15) is 39.5 Å². The third kappa shape index (κ3) is 2.66. The van der Waals surface area contributed by atoms with Crippen molar-refractivity contribution in [2.75, 3.05) is 26.0 Å². The minimum absolute atomic E-state index is 0.0147. The number of fused-ring (bicyclic) bond motifs is 5. The number of ether oxygens (including phenoxy) is 1. The van der Waals surface area contributed by atoms with Gasteiger partial charge in [-0.1, -0.05) is 54.6 Å². The molecule has 1 N–H and O–H groups in total. The molecule has 3 atom stereocenters. The summed E-state index contributed by atoms with van der Waals surface area (Å²) in [5.74, 6) is 0.329. The number of pyridine rings is 1. The number of aryl methyl sites for hydroxylation is 1. The van der Waals surface area contributed by atoms with Crippen molar-refractivity contribution in [3.05, 3.63) is 101 Å². The van der Waals surface area contributed by atoms with Crippen LogP contribution in [0.5, 0.6) is 5.75 Å². The zero-order valence-corrected chi connectivity index (χ0v) is 20.8. The van der Waals surface area contributed by atoms with Crippen LogP contribution < -0.4 is 10.1 Å². The minimum Gasteiger partial charge on any atom is -0.496 e. The number of likely N-dealkylation sites (tertiary alicyclic amines) is 1. The molecule has 7 rings (SSSR count). The van der Waals surface area contributed by atoms with Gasteiger partial charge in [0.25, 0.3) is 5.91 Å². The Morgan fingerprint density at radius 1 is 1.00 bits per heavy atom. The molecule has 3 aliphatic rings. The molecular formula is C31H27N3O3. The average Bonchev–Trinajstić information content (AvgIpc) is 3.38. The number of carbonyl (C=O) groups is 2. The molecule has 1 fully saturated rings. The van der Waals surface area contributed by atoms with Gasteiger partial charge >= 0.3 is 0 Å². The quantitative estimate of drug-likeness (QED) is 0.432. The van der Waals surface area contributed by atoms with E-state index in [-0.39, 0.29) is 17.6 Å². The number of hydrogen-bond acceptors (Lipinski definition) is 5. The number of likely N-dealkylation sites (N-methyl/N-ethyl adjacent to an activating group) is 1. The van der Waals surface area contributed by atoms with Crippen molar-refractivity contribution < 1.29 is 14.3 Å². The Hall–Kier alpha value is -4.03. The summed E-state index contributed by atoms with van der Waals surface area (Å²) >= 11 is 0. The largest absolute Gasteiger partial charge is 0.496 e. The van der Waals surface area contributed by atoms with E-state index in [0.29, 0.717) is 24.9 Å². The van der Waals surface area contributed by atoms with Crippen molar-refractivity contribution in [2.24, 2.45) is 5.41 Å². The van der Waals surface area contributed by atoms with Gasteiger partial charge < -0.3 is 10.1 Å². The molecule has 1 amide bonds. The van der Waals surface area contributed by atoms with Gasteiger partial charge in [-0.3, -0.25) is 19.5 Å². The number of hydrogen-bond donors (Lipinski definition) is 1. The van der Waals surface area contributed by atoms with E-state index in [4.69, 9.17) is 9.72 Å². The van der Waals surface area contributed by atoms with Crippen LogP contribution in [0.15, 0.2) is 78.9 Å². The highest BCUT2D eigenvalue weighted by molar-refractivity contribution is 6.15. The zero-order valence-electron chi connectivity index (χ0n) is 20.8. The molecule has 6 heteroatoms. The number of nitrogens with zero attached hydrogens (tertiary/aromatic N) is 2. The fourth-order valence-electron chi connectivity index (χ4n) is 7.43. The van der Waals surface area contributed by atoms with E-state index in [2.05, 4.69) is 10.2 Å². The summed E-state index contributed by atoms with van der Waals surface area (Å²) in [7, 11) is 3.63. The zero-order chi connectivity index (χ0) is 25.4. The normalized spacial score (nSPS) is 26.5. The Labute approximate surface area is 215 Å². The Morgan fingerprint density at radius 2 is 1.76 bits per heavy atom. The monoisotopic (exact) mass is 489 g/mol. The second-order valence-electron chi connectivity index (χ2n) is 10.4. The standard InChI is InChI=1S/C31H27N3O3/c1-34-18-23(20-10-4-8-14-27(20)37-2)30(31(34)22-11-5-7-13-26(22)33-29(31)36)16-15-25-21(28(30)35)17-19-9-3-6-12-24(19)32-25/h3-14,17,23H,15-16,18H2,1-2H3,(H,33,36)/t23-,30+,31+/m1/s1. The highest BCUT2D eigenvalue weighted by atomic mass is 16.5. The van der Waals surface area contributed by atoms with Crippen molar-refractivity contribution >= 4 is 28.3 Å². The summed E-state index contributed by atoms with van der Waals surface area (Å²) < 4.78 is 5.79. The van der Waals surface area contributed by atoms with Crippen LogP contribution in [0.4, 0.5) is 5.69 Å². The lowest BCUT2D eigenvalue weighted by molar-refractivity contribution is -0.130. The first-order valence-electron chi connectivity index (χ1n) is 12.7. The Bertz CT molecular complexity index is 1610. The summed E-state index contributed by atoms with van der Waals surface area (Å²) in [4.78, 5) is 36.2. The van der Waals surface area contributed by atoms with Crippen molar-refractivity contribution in [1.82, 2.24) is 9.88 Å². The molecule has 184 valence electrons. The number of carbonyl (C=O) groups excluding carboxylic acids is 2. The van der Waals surface area contributed by atoms with Gasteiger partial charge in [0.1, 0.15) is 11.3 Å². The topological polar surface area (TPSA) is 71.5 Å². The number of anilines is 1. The minimum atomic E-state index is -1.14. The lowest BCUT2D eigenvalue weighted by Gasteiger charge is -2.48. The van der Waals surface area contributed by atoms with Gasteiger partial charge in [-0.05, 0) is 49.7 Å². The Kier molecular flexibility index (Phi) is 4.64. The van der Waals surface area contributed by atoms with Gasteiger partial charge in [-0.25, -0.2) is 0 Å². The number of nitrogens with one attached hydrogen (secondary N) is 1. The molecule has 2 spiro atoms. The summed E-state index contributed by atoms with van der Waals surface area (Å²) in [6.45, 7) is 0.546. The summed E-state index contributed by atoms with van der Waals surface area (Å²) in [6.07, 6.45) is 1.13. The molecule has 0 radical (unpaired) electrons. The average molecular weight is 490 g/mol. The number of para-hydroxylation sites is 3. The van der Waals surface area contributed by atoms with Crippen LogP contribution >= 0.6 is 0 Å². The molecule has 4 aromatic rings. The summed E-state index contributed by atoms with van der Waals surface area (Å²) in [5, 5.41) is 4.06. The molecule has 2 aliphatic heterocycles. The van der Waals surface area contributed by atoms with Crippen LogP contribution in [-0.4, -0.2) is 42.3 Å². The molecule has 3 heterocycles. The predicted molar refractivity (Wildman–Crippen MR) is 142 cm³/mol. The lowest BCUT2D eigenvalue weighted by atomic mass is 9.53. The van der Waals surface area contributed by atoms with Gasteiger partial charge in [0, 0.05) is 34.7 Å². The highest BCUT2D eigenvalue weighted by Gasteiger charge is 2.74. The van der Waals surface area contributed by atoms with Crippen LogP contribution in [0.2, 0.25) is 0 Å². The van der Waals surface area contributed by atoms with Crippen LogP contribution in [0.25, 0.3) is 10.9 Å². The fourth-order valence-corrected chi connectivity index (χ4v) is 7.43. The van der Waals surface area contributed by atoms with Crippen LogP contribution in [-0.2, 0) is 16.8 Å². The van der Waals surface area contributed by atoms with Crippen molar-refractivity contribution in [1.29, 1.82) is 0 Å². The van der Waals surface area contributed by atoms with E-state index in [0.717, 1.165) is 39.2 Å². The second-order valence-corrected chi connectivity index (χ2v) is 10.4. The maximum absolute atomic E-state index is 15.0. The number of benzene rings is 3. The van der Waals surface area contributed by atoms with Gasteiger partial charge in [0.15, 0.2) is 5.78 Å². The third-order valence-corrected chi connectivity index (χ3v) is 8.89. The molecule has 37 heavy (non-hydrogen) atoms. The molecule has 0 saturated carbocycles. The number of rotatable bonds is 2. The van der Waals surface area contributed by atoms with E-state index in [1.807, 2.05) is 85.9 Å². The molecule has 1 saturated heterocycles. The predicted octanol–water partition coefficient (Wildman–Crippen LogP) is 4.94. The fraction of sp³-hybridized carbons (Fsp3) is 0.258. The maximum atomic E-state index is 15.0. The van der Waals surface area contributed by atoms with Gasteiger partial charge in [0.2, 0.25) is 0 Å². The van der Waals surface area contributed by atoms with Crippen LogP contribution in [0, 0.1) is 5.41 Å². The molecular weight excluding hydrogens is 462 g/mol. The number of amides is 1. The number of aromatic nitrogens is 1. The van der Waals surface area contributed by atoms with E-state index < -0.39 is 11.0 Å². The van der Waals surface area contributed by atoms with Crippen LogP contribution in [0.3, 0.4) is 0 Å². The second kappa shape index (κ2) is 7.73. The molecule has 0 unspecified atom stereocenters. The number of Topliss-reactive ketones (excluding diaryl/α,β-unsaturated/α-hetero) is 1. The van der Waals surface area contributed by atoms with Gasteiger partial charge in [-0.15, -0.1) is 0 Å². The number of methoxy groups -OCH3 is 1. The first-order chi connectivity index (χ1) is 18.0. The third-order valence-electron chi connectivity index (χ3n) is 8.89. The van der Waals surface area contributed by atoms with Gasteiger partial charge in [0.05, 0.1) is 23.7 Å². The molecule has 3 aromatic carbocycles. The SMILES string of the molecule is COc1ccccc1[C@H]1CN(C)[C@@]2(C(=O)Nc3ccccc32)[C@@]12CCc1nc3ccccc3cc1C2=O. The molecule has 0 bridgehead atoms.